The van der Waals surface area contributed by atoms with E-state index in [1.54, 1.807) is 6.20 Å². The van der Waals surface area contributed by atoms with Crippen molar-refractivity contribution in [3.63, 3.8) is 0 Å². The van der Waals surface area contributed by atoms with Gasteiger partial charge in [-0.1, -0.05) is 0 Å². The van der Waals surface area contributed by atoms with Crippen molar-refractivity contribution in [1.29, 1.82) is 0 Å². The van der Waals surface area contributed by atoms with Crippen molar-refractivity contribution < 1.29 is 0 Å². The van der Waals surface area contributed by atoms with E-state index >= 15 is 0 Å². The van der Waals surface area contributed by atoms with Crippen LogP contribution in [0.4, 0.5) is 5.69 Å². The first-order valence-electron chi connectivity index (χ1n) is 3.71. The van der Waals surface area contributed by atoms with Crippen molar-refractivity contribution in [3.8, 4) is 0 Å². The lowest BCUT2D eigenvalue weighted by molar-refractivity contribution is 0.700. The highest BCUT2D eigenvalue weighted by molar-refractivity contribution is 8.00. The first-order valence-corrected chi connectivity index (χ1v) is 4.59. The van der Waals surface area contributed by atoms with Gasteiger partial charge in [-0.05, 0) is 12.8 Å². The molecule has 11 heavy (non-hydrogen) atoms. The van der Waals surface area contributed by atoms with Crippen molar-refractivity contribution in [3.05, 3.63) is 6.20 Å². The Morgan fingerprint density at radius 1 is 1.73 bits per heavy atom. The largest absolute Gasteiger partial charge is 0.395 e. The summed E-state index contributed by atoms with van der Waals surface area (Å²) in [7, 11) is 1.93. The number of rotatable bonds is 2. The molecule has 2 N–H and O–H groups in total. The molecule has 0 spiro atoms. The highest BCUT2D eigenvalue weighted by Gasteiger charge is 2.24. The van der Waals surface area contributed by atoms with E-state index in [0.717, 1.165) is 16.0 Å². The molecule has 1 fully saturated rings. The van der Waals surface area contributed by atoms with Gasteiger partial charge in [0.15, 0.2) is 0 Å². The number of aromatic nitrogens is 2. The highest BCUT2D eigenvalue weighted by Crippen LogP contribution is 2.40. The van der Waals surface area contributed by atoms with E-state index < -0.39 is 0 Å². The molecule has 2 rings (SSSR count). The molecule has 0 amide bonds. The summed E-state index contributed by atoms with van der Waals surface area (Å²) < 4.78 is 1.85. The van der Waals surface area contributed by atoms with Crippen molar-refractivity contribution in [2.75, 3.05) is 5.73 Å². The molecule has 0 unspecified atom stereocenters. The molecular formula is C7H11N3S. The van der Waals surface area contributed by atoms with Gasteiger partial charge >= 0.3 is 0 Å². The van der Waals surface area contributed by atoms with Gasteiger partial charge in [0, 0.05) is 12.3 Å². The van der Waals surface area contributed by atoms with Crippen LogP contribution in [0.15, 0.2) is 11.2 Å². The van der Waals surface area contributed by atoms with Crippen LogP contribution in [0.2, 0.25) is 0 Å². The summed E-state index contributed by atoms with van der Waals surface area (Å²) in [4.78, 5) is 0. The number of nitrogens with zero attached hydrogens (tertiary/aromatic N) is 2. The van der Waals surface area contributed by atoms with Gasteiger partial charge in [0.2, 0.25) is 0 Å². The summed E-state index contributed by atoms with van der Waals surface area (Å²) in [5.41, 5.74) is 6.52. The number of thioether (sulfide) groups is 1. The molecule has 1 aliphatic rings. The van der Waals surface area contributed by atoms with Crippen LogP contribution in [0.3, 0.4) is 0 Å². The van der Waals surface area contributed by atoms with Gasteiger partial charge in [-0.15, -0.1) is 11.8 Å². The van der Waals surface area contributed by atoms with E-state index in [1.807, 2.05) is 23.5 Å². The van der Waals surface area contributed by atoms with Crippen LogP contribution < -0.4 is 5.73 Å². The highest BCUT2D eigenvalue weighted by atomic mass is 32.2. The zero-order valence-electron chi connectivity index (χ0n) is 6.45. The maximum absolute atomic E-state index is 5.71. The minimum absolute atomic E-state index is 0.799. The fraction of sp³-hybridized carbons (Fsp3) is 0.571. The second-order valence-corrected chi connectivity index (χ2v) is 4.13. The summed E-state index contributed by atoms with van der Waals surface area (Å²) in [6.07, 6.45) is 4.37. The van der Waals surface area contributed by atoms with Crippen molar-refractivity contribution in [2.24, 2.45) is 7.05 Å². The van der Waals surface area contributed by atoms with Gasteiger partial charge in [-0.2, -0.15) is 5.10 Å². The number of nitrogen functional groups attached to an aromatic ring is 1. The lowest BCUT2D eigenvalue weighted by Crippen LogP contribution is -1.94. The number of anilines is 1. The maximum Gasteiger partial charge on any atom is 0.117 e. The molecule has 1 aromatic rings. The monoisotopic (exact) mass is 169 g/mol. The number of hydrogen-bond acceptors (Lipinski definition) is 3. The Morgan fingerprint density at radius 3 is 2.91 bits per heavy atom. The van der Waals surface area contributed by atoms with Gasteiger partial charge in [-0.3, -0.25) is 4.68 Å². The third-order valence-electron chi connectivity index (χ3n) is 1.71. The molecule has 1 aliphatic carbocycles. The molecule has 1 aromatic heterocycles. The van der Waals surface area contributed by atoms with Gasteiger partial charge in [0.25, 0.3) is 0 Å². The zero-order chi connectivity index (χ0) is 7.84. The summed E-state index contributed by atoms with van der Waals surface area (Å²) in [5.74, 6) is 0. The second-order valence-electron chi connectivity index (χ2n) is 2.85. The third kappa shape index (κ3) is 1.35. The molecular weight excluding hydrogens is 158 g/mol. The molecule has 0 aliphatic heterocycles. The average Bonchev–Trinajstić information content (AvgIpc) is 2.73. The molecule has 0 aromatic carbocycles. The lowest BCUT2D eigenvalue weighted by Gasteiger charge is -1.99. The van der Waals surface area contributed by atoms with Crippen LogP contribution in [-0.2, 0) is 7.05 Å². The Kier molecular flexibility index (Phi) is 1.56. The Bertz CT molecular complexity index is 245. The van der Waals surface area contributed by atoms with Gasteiger partial charge in [0.05, 0.1) is 11.9 Å². The van der Waals surface area contributed by atoms with E-state index in [9.17, 15) is 0 Å². The molecule has 0 radical (unpaired) electrons. The summed E-state index contributed by atoms with van der Waals surface area (Å²) in [5, 5.41) is 5.98. The second kappa shape index (κ2) is 2.44. The molecule has 4 heteroatoms. The van der Waals surface area contributed by atoms with E-state index in [-0.39, 0.29) is 0 Å². The molecule has 3 nitrogen and oxygen atoms in total. The van der Waals surface area contributed by atoms with Crippen molar-refractivity contribution in [1.82, 2.24) is 9.78 Å². The summed E-state index contributed by atoms with van der Waals surface area (Å²) in [6, 6.07) is 0. The Balaban J connectivity index is 2.19. The zero-order valence-corrected chi connectivity index (χ0v) is 7.27. The molecule has 1 saturated carbocycles. The minimum Gasteiger partial charge on any atom is -0.395 e. The van der Waals surface area contributed by atoms with Crippen LogP contribution in [0.1, 0.15) is 12.8 Å². The normalized spacial score (nSPS) is 17.2. The van der Waals surface area contributed by atoms with Gasteiger partial charge < -0.3 is 5.73 Å². The van der Waals surface area contributed by atoms with Crippen molar-refractivity contribution in [2.45, 2.75) is 23.1 Å². The SMILES string of the molecule is Cn1ncc(N)c1SC1CC1. The summed E-state index contributed by atoms with van der Waals surface area (Å²) in [6.45, 7) is 0. The first kappa shape index (κ1) is 7.03. The molecule has 1 heterocycles. The maximum atomic E-state index is 5.71. The first-order chi connectivity index (χ1) is 5.27. The van der Waals surface area contributed by atoms with Gasteiger partial charge in [-0.25, -0.2) is 0 Å². The smallest absolute Gasteiger partial charge is 0.117 e. The molecule has 0 bridgehead atoms. The molecule has 0 saturated heterocycles. The summed E-state index contributed by atoms with van der Waals surface area (Å²) >= 11 is 1.84. The topological polar surface area (TPSA) is 43.8 Å². The van der Waals surface area contributed by atoms with Crippen LogP contribution in [0, 0.1) is 0 Å². The van der Waals surface area contributed by atoms with Crippen LogP contribution in [0.5, 0.6) is 0 Å². The standard InChI is InChI=1S/C7H11N3S/c1-10-7(6(8)4-9-10)11-5-2-3-5/h4-5H,2-3,8H2,1H3. The number of aryl methyl sites for hydroxylation is 1. The number of hydrogen-bond donors (Lipinski definition) is 1. The lowest BCUT2D eigenvalue weighted by atomic mass is 10.6. The predicted octanol–water partition coefficient (Wildman–Crippen LogP) is 1.26. The van der Waals surface area contributed by atoms with E-state index in [4.69, 9.17) is 5.73 Å². The van der Waals surface area contributed by atoms with E-state index in [2.05, 4.69) is 5.10 Å². The average molecular weight is 169 g/mol. The minimum atomic E-state index is 0.799. The van der Waals surface area contributed by atoms with Crippen molar-refractivity contribution >= 4 is 17.4 Å². The Morgan fingerprint density at radius 2 is 2.45 bits per heavy atom. The third-order valence-corrected chi connectivity index (χ3v) is 3.24. The number of nitrogens with two attached hydrogens (primary N) is 1. The molecule has 0 atom stereocenters. The van der Waals surface area contributed by atoms with Gasteiger partial charge in [0.1, 0.15) is 5.03 Å². The molecule has 60 valence electrons. The fourth-order valence-corrected chi connectivity index (χ4v) is 2.01. The van der Waals surface area contributed by atoms with Crippen LogP contribution in [-0.4, -0.2) is 15.0 Å². The quantitative estimate of drug-likeness (QED) is 0.724. The predicted molar refractivity (Wildman–Crippen MR) is 46.5 cm³/mol. The van der Waals surface area contributed by atoms with Crippen LogP contribution >= 0.6 is 11.8 Å². The Labute approximate surface area is 70.0 Å². The van der Waals surface area contributed by atoms with E-state index in [0.29, 0.717) is 0 Å². The van der Waals surface area contributed by atoms with Crippen LogP contribution in [0.25, 0.3) is 0 Å². The Hall–Kier alpha value is -0.640. The van der Waals surface area contributed by atoms with E-state index in [1.165, 1.54) is 12.8 Å². The fourth-order valence-electron chi connectivity index (χ4n) is 0.931.